The highest BCUT2D eigenvalue weighted by molar-refractivity contribution is 5.60. The number of aryl methyl sites for hydroxylation is 1. The Bertz CT molecular complexity index is 445. The van der Waals surface area contributed by atoms with Crippen LogP contribution in [0.2, 0.25) is 0 Å². The van der Waals surface area contributed by atoms with E-state index in [0.717, 1.165) is 17.0 Å². The molecule has 0 aliphatic carbocycles. The Kier molecular flexibility index (Phi) is 2.04. The molecule has 2 aromatic rings. The fourth-order valence-electron chi connectivity index (χ4n) is 1.28. The topological polar surface area (TPSA) is 30.7 Å². The van der Waals surface area contributed by atoms with E-state index in [0.29, 0.717) is 0 Å². The molecule has 1 aromatic carbocycles. The zero-order valence-corrected chi connectivity index (χ0v) is 8.03. The first-order valence-corrected chi connectivity index (χ1v) is 4.30. The molecule has 2 rings (SSSR count). The molecule has 0 amide bonds. The summed E-state index contributed by atoms with van der Waals surface area (Å²) in [6.45, 7) is 1.93. The molecule has 0 saturated carbocycles. The Morgan fingerprint density at radius 2 is 1.86 bits per heavy atom. The maximum Gasteiger partial charge on any atom is 0.123 e. The fourth-order valence-corrected chi connectivity index (χ4v) is 1.28. The Morgan fingerprint density at radius 3 is 2.36 bits per heavy atom. The largest absolute Gasteiger partial charge is 0.252 e. The van der Waals surface area contributed by atoms with E-state index in [1.54, 1.807) is 16.8 Å². The average Bonchev–Trinajstić information content (AvgIpc) is 2.50. The normalized spacial score (nSPS) is 10.5. The van der Waals surface area contributed by atoms with E-state index in [-0.39, 0.29) is 5.82 Å². The van der Waals surface area contributed by atoms with E-state index >= 15 is 0 Å². The molecular weight excluding hydrogens is 181 g/mol. The Morgan fingerprint density at radius 1 is 1.21 bits per heavy atom. The van der Waals surface area contributed by atoms with Gasteiger partial charge in [-0.05, 0) is 31.2 Å². The minimum Gasteiger partial charge on any atom is -0.252 e. The molecule has 0 spiro atoms. The smallest absolute Gasteiger partial charge is 0.123 e. The molecule has 0 atom stereocenters. The first-order chi connectivity index (χ1) is 6.68. The second-order valence-corrected chi connectivity index (χ2v) is 3.15. The lowest BCUT2D eigenvalue weighted by Crippen LogP contribution is -1.92. The number of nitrogens with zero attached hydrogens (tertiary/aromatic N) is 3. The zero-order chi connectivity index (χ0) is 10.1. The highest BCUT2D eigenvalue weighted by atomic mass is 19.1. The molecule has 72 valence electrons. The molecule has 0 saturated heterocycles. The van der Waals surface area contributed by atoms with Gasteiger partial charge in [-0.25, -0.2) is 4.39 Å². The third-order valence-electron chi connectivity index (χ3n) is 2.22. The van der Waals surface area contributed by atoms with Gasteiger partial charge in [0, 0.05) is 12.6 Å². The van der Waals surface area contributed by atoms with E-state index in [4.69, 9.17) is 0 Å². The van der Waals surface area contributed by atoms with Gasteiger partial charge in [0.25, 0.3) is 0 Å². The maximum atomic E-state index is 12.7. The summed E-state index contributed by atoms with van der Waals surface area (Å²) < 4.78 is 14.4. The summed E-state index contributed by atoms with van der Waals surface area (Å²) in [5.74, 6) is -0.240. The fraction of sp³-hybridized carbons (Fsp3) is 0.200. The molecule has 1 heterocycles. The summed E-state index contributed by atoms with van der Waals surface area (Å²) in [5, 5.41) is 7.89. The number of aromatic nitrogens is 3. The molecular formula is C10H10FN3. The Balaban J connectivity index is 2.49. The summed E-state index contributed by atoms with van der Waals surface area (Å²) in [7, 11) is 1.83. The van der Waals surface area contributed by atoms with Crippen molar-refractivity contribution >= 4 is 0 Å². The number of rotatable bonds is 1. The van der Waals surface area contributed by atoms with Crippen LogP contribution in [0.25, 0.3) is 11.3 Å². The van der Waals surface area contributed by atoms with Gasteiger partial charge in [0.1, 0.15) is 11.5 Å². The Hall–Kier alpha value is -1.71. The summed E-state index contributed by atoms with van der Waals surface area (Å²) in [5.41, 5.74) is 2.65. The molecule has 4 heteroatoms. The lowest BCUT2D eigenvalue weighted by Gasteiger charge is -1.97. The lowest BCUT2D eigenvalue weighted by molar-refractivity contribution is 0.628. The van der Waals surface area contributed by atoms with Crippen molar-refractivity contribution in [3.63, 3.8) is 0 Å². The summed E-state index contributed by atoms with van der Waals surface area (Å²) in [6.07, 6.45) is 0. The number of halogens is 1. The second-order valence-electron chi connectivity index (χ2n) is 3.15. The predicted molar refractivity (Wildman–Crippen MR) is 51.1 cm³/mol. The van der Waals surface area contributed by atoms with Gasteiger partial charge < -0.3 is 0 Å². The van der Waals surface area contributed by atoms with Gasteiger partial charge in [0.2, 0.25) is 0 Å². The lowest BCUT2D eigenvalue weighted by atomic mass is 10.1. The minimum atomic E-state index is -0.240. The maximum absolute atomic E-state index is 12.7. The highest BCUT2D eigenvalue weighted by Gasteiger charge is 2.07. The first-order valence-electron chi connectivity index (χ1n) is 4.30. The van der Waals surface area contributed by atoms with Crippen molar-refractivity contribution in [2.24, 2.45) is 7.05 Å². The van der Waals surface area contributed by atoms with Gasteiger partial charge in [0.15, 0.2) is 0 Å². The number of benzene rings is 1. The van der Waals surface area contributed by atoms with Gasteiger partial charge in [-0.3, -0.25) is 4.68 Å². The van der Waals surface area contributed by atoms with E-state index in [1.165, 1.54) is 12.1 Å². The molecule has 0 aliphatic rings. The summed E-state index contributed by atoms with van der Waals surface area (Å²) >= 11 is 0. The van der Waals surface area contributed by atoms with Gasteiger partial charge >= 0.3 is 0 Å². The SMILES string of the molecule is Cc1c(-c2ccc(F)cc2)nnn1C. The zero-order valence-electron chi connectivity index (χ0n) is 8.03. The van der Waals surface area contributed by atoms with E-state index < -0.39 is 0 Å². The Labute approximate surface area is 81.2 Å². The van der Waals surface area contributed by atoms with Crippen molar-refractivity contribution in [3.8, 4) is 11.3 Å². The molecule has 0 radical (unpaired) electrons. The van der Waals surface area contributed by atoms with Gasteiger partial charge in [-0.1, -0.05) is 5.21 Å². The quantitative estimate of drug-likeness (QED) is 0.689. The van der Waals surface area contributed by atoms with Gasteiger partial charge in [0.05, 0.1) is 5.69 Å². The van der Waals surface area contributed by atoms with Crippen LogP contribution < -0.4 is 0 Å². The van der Waals surface area contributed by atoms with Crippen LogP contribution in [0.3, 0.4) is 0 Å². The number of hydrogen-bond donors (Lipinski definition) is 0. The first kappa shape index (κ1) is 8.87. The molecule has 0 N–H and O–H groups in total. The average molecular weight is 191 g/mol. The molecule has 0 bridgehead atoms. The third kappa shape index (κ3) is 1.39. The van der Waals surface area contributed by atoms with Crippen LogP contribution in [-0.4, -0.2) is 15.0 Å². The van der Waals surface area contributed by atoms with Crippen LogP contribution in [0.15, 0.2) is 24.3 Å². The predicted octanol–water partition coefficient (Wildman–Crippen LogP) is 1.93. The van der Waals surface area contributed by atoms with E-state index in [1.807, 2.05) is 14.0 Å². The minimum absolute atomic E-state index is 0.240. The molecule has 0 unspecified atom stereocenters. The van der Waals surface area contributed by atoms with Crippen LogP contribution in [0.4, 0.5) is 4.39 Å². The third-order valence-corrected chi connectivity index (χ3v) is 2.22. The van der Waals surface area contributed by atoms with Crippen LogP contribution >= 0.6 is 0 Å². The highest BCUT2D eigenvalue weighted by Crippen LogP contribution is 2.19. The van der Waals surface area contributed by atoms with Gasteiger partial charge in [-0.15, -0.1) is 5.10 Å². The van der Waals surface area contributed by atoms with Crippen molar-refractivity contribution in [3.05, 3.63) is 35.8 Å². The van der Waals surface area contributed by atoms with Crippen LogP contribution in [0, 0.1) is 12.7 Å². The standard InChI is InChI=1S/C10H10FN3/c1-7-10(12-13-14(7)2)8-3-5-9(11)6-4-8/h3-6H,1-2H3. The monoisotopic (exact) mass is 191 g/mol. The second kappa shape index (κ2) is 3.21. The molecule has 0 fully saturated rings. The summed E-state index contributed by atoms with van der Waals surface area (Å²) in [4.78, 5) is 0. The number of hydrogen-bond acceptors (Lipinski definition) is 2. The van der Waals surface area contributed by atoms with E-state index in [2.05, 4.69) is 10.3 Å². The van der Waals surface area contributed by atoms with E-state index in [9.17, 15) is 4.39 Å². The van der Waals surface area contributed by atoms with Crippen molar-refractivity contribution in [1.82, 2.24) is 15.0 Å². The van der Waals surface area contributed by atoms with Crippen molar-refractivity contribution in [2.75, 3.05) is 0 Å². The molecule has 0 aliphatic heterocycles. The van der Waals surface area contributed by atoms with Crippen LogP contribution in [-0.2, 0) is 7.05 Å². The van der Waals surface area contributed by atoms with Crippen LogP contribution in [0.1, 0.15) is 5.69 Å². The molecule has 1 aromatic heterocycles. The van der Waals surface area contributed by atoms with Crippen molar-refractivity contribution in [2.45, 2.75) is 6.92 Å². The molecule has 3 nitrogen and oxygen atoms in total. The summed E-state index contributed by atoms with van der Waals surface area (Å²) in [6, 6.07) is 6.24. The van der Waals surface area contributed by atoms with Crippen molar-refractivity contribution < 1.29 is 4.39 Å². The van der Waals surface area contributed by atoms with Crippen molar-refractivity contribution in [1.29, 1.82) is 0 Å². The molecule has 14 heavy (non-hydrogen) atoms. The van der Waals surface area contributed by atoms with Crippen LogP contribution in [0.5, 0.6) is 0 Å². The van der Waals surface area contributed by atoms with Gasteiger partial charge in [-0.2, -0.15) is 0 Å².